The number of nitrogens with zero attached hydrogens (tertiary/aromatic N) is 4. The van der Waals surface area contributed by atoms with Crippen molar-refractivity contribution in [2.24, 2.45) is 4.99 Å². The Kier molecular flexibility index (Phi) is 8.59. The summed E-state index contributed by atoms with van der Waals surface area (Å²) in [5.74, 6) is 2.00. The lowest BCUT2D eigenvalue weighted by Crippen LogP contribution is -2.48. The first-order valence-corrected chi connectivity index (χ1v) is 12.6. The Labute approximate surface area is 199 Å². The van der Waals surface area contributed by atoms with Crippen molar-refractivity contribution in [2.75, 3.05) is 38.1 Å². The maximum atomic E-state index is 4.64. The van der Waals surface area contributed by atoms with Gasteiger partial charge in [-0.15, -0.1) is 0 Å². The van der Waals surface area contributed by atoms with E-state index < -0.39 is 0 Å². The van der Waals surface area contributed by atoms with E-state index in [2.05, 4.69) is 73.7 Å². The van der Waals surface area contributed by atoms with Gasteiger partial charge in [0.1, 0.15) is 5.82 Å². The van der Waals surface area contributed by atoms with E-state index in [9.17, 15) is 0 Å². The molecule has 178 valence electrons. The minimum Gasteiger partial charge on any atom is -0.357 e. The molecule has 0 aliphatic carbocycles. The number of aliphatic imine (C=N–C) groups is 1. The van der Waals surface area contributed by atoms with Gasteiger partial charge in [0, 0.05) is 58.6 Å². The summed E-state index contributed by atoms with van der Waals surface area (Å²) in [6.45, 7) is 8.45. The van der Waals surface area contributed by atoms with Gasteiger partial charge in [0.05, 0.1) is 0 Å². The molecule has 6 nitrogen and oxygen atoms in total. The first-order valence-electron chi connectivity index (χ1n) is 12.6. The highest BCUT2D eigenvalue weighted by atomic mass is 15.2. The quantitative estimate of drug-likeness (QED) is 0.515. The number of pyridine rings is 1. The van der Waals surface area contributed by atoms with E-state index >= 15 is 0 Å². The van der Waals surface area contributed by atoms with Crippen molar-refractivity contribution in [3.63, 3.8) is 0 Å². The van der Waals surface area contributed by atoms with Crippen LogP contribution < -0.4 is 15.5 Å². The highest BCUT2D eigenvalue weighted by Crippen LogP contribution is 2.18. The van der Waals surface area contributed by atoms with Gasteiger partial charge in [-0.1, -0.05) is 42.7 Å². The number of aryl methyl sites for hydroxylation is 1. The molecule has 0 bridgehead atoms. The number of guanidine groups is 1. The molecule has 33 heavy (non-hydrogen) atoms. The standard InChI is InChI=1S/C27H40N6/c1-22-8-7-9-24(18-22)21-32-16-11-25(12-17-32)31-27(28-2)30-20-23-10-13-29-26(19-23)33-14-5-3-4-6-15-33/h7-10,13,18-19,25H,3-6,11-12,14-17,20-21H2,1-2H3,(H2,28,30,31). The fraction of sp³-hybridized carbons (Fsp3) is 0.556. The zero-order valence-corrected chi connectivity index (χ0v) is 20.4. The molecular formula is C27H40N6. The third kappa shape index (κ3) is 7.19. The van der Waals surface area contributed by atoms with Crippen molar-refractivity contribution in [1.29, 1.82) is 0 Å². The zero-order chi connectivity index (χ0) is 22.9. The van der Waals surface area contributed by atoms with Crippen molar-refractivity contribution in [3.8, 4) is 0 Å². The molecule has 0 saturated carbocycles. The molecule has 6 heteroatoms. The van der Waals surface area contributed by atoms with Crippen LogP contribution in [-0.2, 0) is 13.1 Å². The number of hydrogen-bond donors (Lipinski definition) is 2. The predicted molar refractivity (Wildman–Crippen MR) is 138 cm³/mol. The van der Waals surface area contributed by atoms with Gasteiger partial charge in [-0.05, 0) is 55.9 Å². The van der Waals surface area contributed by atoms with Gasteiger partial charge >= 0.3 is 0 Å². The maximum absolute atomic E-state index is 4.64. The normalized spacial score (nSPS) is 18.7. The Balaban J connectivity index is 1.23. The maximum Gasteiger partial charge on any atom is 0.191 e. The van der Waals surface area contributed by atoms with Gasteiger partial charge in [-0.2, -0.15) is 0 Å². The molecule has 1 aromatic heterocycles. The second kappa shape index (κ2) is 12.0. The van der Waals surface area contributed by atoms with E-state index in [0.717, 1.165) is 63.9 Å². The second-order valence-electron chi connectivity index (χ2n) is 9.53. The van der Waals surface area contributed by atoms with Crippen molar-refractivity contribution < 1.29 is 0 Å². The van der Waals surface area contributed by atoms with Gasteiger partial charge < -0.3 is 15.5 Å². The average Bonchev–Trinajstić information content (AvgIpc) is 3.13. The van der Waals surface area contributed by atoms with E-state index in [1.165, 1.54) is 42.4 Å². The molecule has 2 N–H and O–H groups in total. The molecule has 0 atom stereocenters. The molecule has 2 aliphatic heterocycles. The fourth-order valence-corrected chi connectivity index (χ4v) is 4.92. The molecule has 4 rings (SSSR count). The summed E-state index contributed by atoms with van der Waals surface area (Å²) in [7, 11) is 1.86. The van der Waals surface area contributed by atoms with Crippen LogP contribution in [0, 0.1) is 6.92 Å². The number of hydrogen-bond acceptors (Lipinski definition) is 4. The van der Waals surface area contributed by atoms with Crippen LogP contribution in [0.3, 0.4) is 0 Å². The van der Waals surface area contributed by atoms with Gasteiger partial charge in [0.25, 0.3) is 0 Å². The Morgan fingerprint density at radius 3 is 2.52 bits per heavy atom. The van der Waals surface area contributed by atoms with Gasteiger partial charge in [0.2, 0.25) is 0 Å². The van der Waals surface area contributed by atoms with Gasteiger partial charge in [0.15, 0.2) is 5.96 Å². The molecule has 2 aromatic rings. The summed E-state index contributed by atoms with van der Waals surface area (Å²) < 4.78 is 0. The number of rotatable bonds is 6. The van der Waals surface area contributed by atoms with Crippen LogP contribution in [0.1, 0.15) is 55.2 Å². The Morgan fingerprint density at radius 1 is 1.00 bits per heavy atom. The Bertz CT molecular complexity index is 895. The number of benzene rings is 1. The highest BCUT2D eigenvalue weighted by Gasteiger charge is 2.20. The summed E-state index contributed by atoms with van der Waals surface area (Å²) in [5.41, 5.74) is 4.00. The lowest BCUT2D eigenvalue weighted by molar-refractivity contribution is 0.198. The molecule has 2 fully saturated rings. The second-order valence-corrected chi connectivity index (χ2v) is 9.53. The van der Waals surface area contributed by atoms with Crippen LogP contribution in [-0.4, -0.2) is 55.1 Å². The number of piperidine rings is 1. The predicted octanol–water partition coefficient (Wildman–Crippen LogP) is 4.10. The van der Waals surface area contributed by atoms with Crippen molar-refractivity contribution in [2.45, 2.75) is 64.6 Å². The monoisotopic (exact) mass is 448 g/mol. The highest BCUT2D eigenvalue weighted by molar-refractivity contribution is 5.80. The van der Waals surface area contributed by atoms with Crippen LogP contribution >= 0.6 is 0 Å². The Hall–Kier alpha value is -2.60. The van der Waals surface area contributed by atoms with Crippen LogP contribution in [0.4, 0.5) is 5.82 Å². The fourth-order valence-electron chi connectivity index (χ4n) is 4.92. The summed E-state index contributed by atoms with van der Waals surface area (Å²) in [4.78, 5) is 14.1. The third-order valence-electron chi connectivity index (χ3n) is 6.84. The van der Waals surface area contributed by atoms with Crippen LogP contribution in [0.15, 0.2) is 47.6 Å². The van der Waals surface area contributed by atoms with Crippen LogP contribution in [0.2, 0.25) is 0 Å². The van der Waals surface area contributed by atoms with E-state index in [1.807, 2.05) is 13.2 Å². The lowest BCUT2D eigenvalue weighted by Gasteiger charge is -2.33. The third-order valence-corrected chi connectivity index (χ3v) is 6.84. The minimum absolute atomic E-state index is 0.468. The minimum atomic E-state index is 0.468. The molecule has 1 aromatic carbocycles. The molecular weight excluding hydrogens is 408 g/mol. The molecule has 0 amide bonds. The smallest absolute Gasteiger partial charge is 0.191 e. The van der Waals surface area contributed by atoms with Crippen LogP contribution in [0.5, 0.6) is 0 Å². The number of nitrogens with one attached hydrogen (secondary N) is 2. The molecule has 0 radical (unpaired) electrons. The SMILES string of the molecule is CN=C(NCc1ccnc(N2CCCCCC2)c1)NC1CCN(Cc2cccc(C)c2)CC1. The van der Waals surface area contributed by atoms with Crippen LogP contribution in [0.25, 0.3) is 0 Å². The van der Waals surface area contributed by atoms with Crippen molar-refractivity contribution in [3.05, 3.63) is 59.3 Å². The topological polar surface area (TPSA) is 55.8 Å². The molecule has 0 spiro atoms. The molecule has 0 unspecified atom stereocenters. The number of anilines is 1. The summed E-state index contributed by atoms with van der Waals surface area (Å²) in [6, 6.07) is 13.7. The summed E-state index contributed by atoms with van der Waals surface area (Å²) in [5, 5.41) is 7.15. The zero-order valence-electron chi connectivity index (χ0n) is 20.4. The van der Waals surface area contributed by atoms with E-state index in [-0.39, 0.29) is 0 Å². The van der Waals surface area contributed by atoms with Crippen molar-refractivity contribution in [1.82, 2.24) is 20.5 Å². The summed E-state index contributed by atoms with van der Waals surface area (Å²) >= 11 is 0. The largest absolute Gasteiger partial charge is 0.357 e. The average molecular weight is 449 g/mol. The lowest BCUT2D eigenvalue weighted by atomic mass is 10.0. The summed E-state index contributed by atoms with van der Waals surface area (Å²) in [6.07, 6.45) is 9.43. The van der Waals surface area contributed by atoms with Gasteiger partial charge in [-0.3, -0.25) is 9.89 Å². The molecule has 2 aliphatic rings. The van der Waals surface area contributed by atoms with E-state index in [0.29, 0.717) is 6.04 Å². The van der Waals surface area contributed by atoms with E-state index in [4.69, 9.17) is 0 Å². The van der Waals surface area contributed by atoms with Crippen molar-refractivity contribution >= 4 is 11.8 Å². The first kappa shape index (κ1) is 23.6. The van der Waals surface area contributed by atoms with Gasteiger partial charge in [-0.25, -0.2) is 4.98 Å². The van der Waals surface area contributed by atoms with E-state index in [1.54, 1.807) is 0 Å². The first-order chi connectivity index (χ1) is 16.2. The number of aromatic nitrogens is 1. The Morgan fingerprint density at radius 2 is 1.79 bits per heavy atom. The molecule has 2 saturated heterocycles. The molecule has 3 heterocycles. The number of likely N-dealkylation sites (tertiary alicyclic amines) is 1.